The van der Waals surface area contributed by atoms with Crippen molar-refractivity contribution in [3.05, 3.63) is 36.4 Å². The van der Waals surface area contributed by atoms with Crippen molar-refractivity contribution in [1.29, 1.82) is 0 Å². The Balaban J connectivity index is 1.81. The summed E-state index contributed by atoms with van der Waals surface area (Å²) in [6.07, 6.45) is 1.30. The lowest BCUT2D eigenvalue weighted by molar-refractivity contribution is 0.263. The lowest BCUT2D eigenvalue weighted by Crippen LogP contribution is -2.03. The quantitative estimate of drug-likeness (QED) is 0.744. The largest absolute Gasteiger partial charge is 0.493 e. The van der Waals surface area contributed by atoms with Crippen LogP contribution in [0.1, 0.15) is 13.3 Å². The van der Waals surface area contributed by atoms with Gasteiger partial charge in [0.2, 0.25) is 0 Å². The fourth-order valence-electron chi connectivity index (χ4n) is 2.01. The third-order valence-corrected chi connectivity index (χ3v) is 3.11. The zero-order valence-electron chi connectivity index (χ0n) is 11.1. The van der Waals surface area contributed by atoms with Crippen molar-refractivity contribution in [3.8, 4) is 11.5 Å². The van der Waals surface area contributed by atoms with Crippen molar-refractivity contribution >= 4 is 10.8 Å². The lowest BCUT2D eigenvalue weighted by Gasteiger charge is -2.10. The Labute approximate surface area is 113 Å². The monoisotopic (exact) mass is 258 g/mol. The first-order valence-electron chi connectivity index (χ1n) is 6.77. The number of fused-ring (bicyclic) bond motifs is 1. The van der Waals surface area contributed by atoms with Crippen molar-refractivity contribution < 1.29 is 14.2 Å². The van der Waals surface area contributed by atoms with Crippen LogP contribution in [0.5, 0.6) is 11.5 Å². The van der Waals surface area contributed by atoms with Crippen LogP contribution in [0.25, 0.3) is 10.8 Å². The van der Waals surface area contributed by atoms with Crippen molar-refractivity contribution in [2.75, 3.05) is 19.8 Å². The van der Waals surface area contributed by atoms with E-state index in [2.05, 4.69) is 25.1 Å². The minimum atomic E-state index is 0.287. The number of benzene rings is 2. The van der Waals surface area contributed by atoms with Gasteiger partial charge in [-0.3, -0.25) is 0 Å². The molecule has 0 spiro atoms. The van der Waals surface area contributed by atoms with Gasteiger partial charge < -0.3 is 14.2 Å². The molecule has 0 saturated carbocycles. The number of epoxide rings is 1. The van der Waals surface area contributed by atoms with Gasteiger partial charge in [-0.2, -0.15) is 0 Å². The van der Waals surface area contributed by atoms with Gasteiger partial charge in [-0.15, -0.1) is 0 Å². The zero-order valence-corrected chi connectivity index (χ0v) is 11.1. The van der Waals surface area contributed by atoms with Crippen molar-refractivity contribution in [2.45, 2.75) is 19.4 Å². The normalized spacial score (nSPS) is 17.4. The third-order valence-electron chi connectivity index (χ3n) is 3.11. The molecule has 1 atom stereocenters. The highest BCUT2D eigenvalue weighted by atomic mass is 16.6. The highest BCUT2D eigenvalue weighted by Crippen LogP contribution is 2.29. The summed E-state index contributed by atoms with van der Waals surface area (Å²) >= 11 is 0. The fourth-order valence-corrected chi connectivity index (χ4v) is 2.01. The van der Waals surface area contributed by atoms with Gasteiger partial charge in [-0.1, -0.05) is 19.1 Å². The van der Waals surface area contributed by atoms with E-state index in [1.807, 2.05) is 18.2 Å². The summed E-state index contributed by atoms with van der Waals surface area (Å²) in [5.41, 5.74) is 0. The molecular formula is C16H18O3. The van der Waals surface area contributed by atoms with Crippen molar-refractivity contribution in [1.82, 2.24) is 0 Å². The van der Waals surface area contributed by atoms with Crippen LogP contribution in [0.3, 0.4) is 0 Å². The molecule has 0 aromatic heterocycles. The first-order valence-corrected chi connectivity index (χ1v) is 6.77. The molecule has 3 rings (SSSR count). The number of ether oxygens (including phenoxy) is 3. The average Bonchev–Trinajstić information content (AvgIpc) is 3.26. The average molecular weight is 258 g/mol. The second kappa shape index (κ2) is 5.49. The van der Waals surface area contributed by atoms with Crippen LogP contribution in [0.2, 0.25) is 0 Å². The second-order valence-corrected chi connectivity index (χ2v) is 4.75. The number of hydrogen-bond donors (Lipinski definition) is 0. The molecule has 3 nitrogen and oxygen atoms in total. The van der Waals surface area contributed by atoms with Gasteiger partial charge in [-0.25, -0.2) is 0 Å². The molecule has 2 aromatic rings. The second-order valence-electron chi connectivity index (χ2n) is 4.75. The standard InChI is InChI=1S/C16H18O3/c1-2-8-17-16-5-3-4-12-9-13(6-7-15(12)16)18-10-14-11-19-14/h3-7,9,14H,2,8,10-11H2,1H3. The summed E-state index contributed by atoms with van der Waals surface area (Å²) in [6, 6.07) is 12.2. The van der Waals surface area contributed by atoms with E-state index in [4.69, 9.17) is 14.2 Å². The van der Waals surface area contributed by atoms with Gasteiger partial charge in [0, 0.05) is 5.39 Å². The molecule has 19 heavy (non-hydrogen) atoms. The van der Waals surface area contributed by atoms with Crippen LogP contribution < -0.4 is 9.47 Å². The summed E-state index contributed by atoms with van der Waals surface area (Å²) in [5.74, 6) is 1.83. The van der Waals surface area contributed by atoms with Gasteiger partial charge in [-0.05, 0) is 36.1 Å². The molecule has 0 radical (unpaired) electrons. The van der Waals surface area contributed by atoms with Crippen LogP contribution in [0, 0.1) is 0 Å². The lowest BCUT2D eigenvalue weighted by atomic mass is 10.1. The van der Waals surface area contributed by atoms with Gasteiger partial charge in [0.05, 0.1) is 13.2 Å². The third kappa shape index (κ3) is 2.99. The van der Waals surface area contributed by atoms with E-state index in [1.165, 1.54) is 0 Å². The summed E-state index contributed by atoms with van der Waals surface area (Å²) in [7, 11) is 0. The van der Waals surface area contributed by atoms with Gasteiger partial charge in [0.15, 0.2) is 0 Å². The molecule has 0 amide bonds. The van der Waals surface area contributed by atoms with Crippen molar-refractivity contribution in [3.63, 3.8) is 0 Å². The maximum Gasteiger partial charge on any atom is 0.127 e. The van der Waals surface area contributed by atoms with E-state index in [0.29, 0.717) is 6.61 Å². The van der Waals surface area contributed by atoms with Crippen LogP contribution in [0.15, 0.2) is 36.4 Å². The topological polar surface area (TPSA) is 31.0 Å². The maximum absolute atomic E-state index is 5.76. The molecule has 1 aliphatic rings. The van der Waals surface area contributed by atoms with E-state index in [1.54, 1.807) is 0 Å². The Morgan fingerprint density at radius 1 is 1.21 bits per heavy atom. The number of rotatable bonds is 6. The predicted molar refractivity (Wildman–Crippen MR) is 75.0 cm³/mol. The smallest absolute Gasteiger partial charge is 0.127 e. The molecule has 100 valence electrons. The molecule has 1 unspecified atom stereocenters. The van der Waals surface area contributed by atoms with E-state index >= 15 is 0 Å². The van der Waals surface area contributed by atoms with E-state index in [9.17, 15) is 0 Å². The summed E-state index contributed by atoms with van der Waals surface area (Å²) in [6.45, 7) is 4.31. The molecule has 1 heterocycles. The maximum atomic E-state index is 5.76. The predicted octanol–water partition coefficient (Wildman–Crippen LogP) is 3.41. The highest BCUT2D eigenvalue weighted by molar-refractivity contribution is 5.89. The molecule has 2 aromatic carbocycles. The first-order chi connectivity index (χ1) is 9.36. The molecule has 0 N–H and O–H groups in total. The first kappa shape index (κ1) is 12.3. The van der Waals surface area contributed by atoms with Crippen molar-refractivity contribution in [2.24, 2.45) is 0 Å². The van der Waals surface area contributed by atoms with Crippen LogP contribution in [-0.2, 0) is 4.74 Å². The van der Waals surface area contributed by atoms with E-state index < -0.39 is 0 Å². The van der Waals surface area contributed by atoms with Crippen LogP contribution >= 0.6 is 0 Å². The Morgan fingerprint density at radius 2 is 2.11 bits per heavy atom. The van der Waals surface area contributed by atoms with Crippen LogP contribution in [-0.4, -0.2) is 25.9 Å². The minimum absolute atomic E-state index is 0.287. The Kier molecular flexibility index (Phi) is 3.56. The zero-order chi connectivity index (χ0) is 13.1. The number of hydrogen-bond acceptors (Lipinski definition) is 3. The van der Waals surface area contributed by atoms with Gasteiger partial charge in [0.25, 0.3) is 0 Å². The summed E-state index contributed by atoms with van der Waals surface area (Å²) < 4.78 is 16.6. The molecule has 1 fully saturated rings. The Hall–Kier alpha value is -1.74. The van der Waals surface area contributed by atoms with Gasteiger partial charge >= 0.3 is 0 Å². The molecular weight excluding hydrogens is 240 g/mol. The molecule has 1 aliphatic heterocycles. The van der Waals surface area contributed by atoms with Crippen LogP contribution in [0.4, 0.5) is 0 Å². The SMILES string of the molecule is CCCOc1cccc2cc(OCC3CO3)ccc12. The minimum Gasteiger partial charge on any atom is -0.493 e. The molecule has 3 heteroatoms. The van der Waals surface area contributed by atoms with E-state index in [0.717, 1.165) is 41.9 Å². The highest BCUT2D eigenvalue weighted by Gasteiger charge is 2.23. The molecule has 0 bridgehead atoms. The van der Waals surface area contributed by atoms with E-state index in [-0.39, 0.29) is 6.10 Å². The summed E-state index contributed by atoms with van der Waals surface area (Å²) in [5, 5.41) is 2.27. The van der Waals surface area contributed by atoms with Gasteiger partial charge in [0.1, 0.15) is 24.2 Å². The molecule has 0 aliphatic carbocycles. The summed E-state index contributed by atoms with van der Waals surface area (Å²) in [4.78, 5) is 0. The molecule has 1 saturated heterocycles. The Morgan fingerprint density at radius 3 is 2.89 bits per heavy atom. The Bertz CT molecular complexity index is 561. The fraction of sp³-hybridized carbons (Fsp3) is 0.375.